The van der Waals surface area contributed by atoms with Crippen LogP contribution in [0.4, 0.5) is 5.69 Å². The SMILES string of the molecule is Cc1cc(C(C)Nc2cccc3c2C(=O)NC3)c2oc(-c3ccccc3)c(C)c(=O)c2c1. The molecule has 5 nitrogen and oxygen atoms in total. The number of hydrogen-bond donors (Lipinski definition) is 2. The van der Waals surface area contributed by atoms with Crippen LogP contribution in [0.3, 0.4) is 0 Å². The Morgan fingerprint density at radius 1 is 1.00 bits per heavy atom. The predicted molar refractivity (Wildman–Crippen MR) is 127 cm³/mol. The van der Waals surface area contributed by atoms with Gasteiger partial charge in [-0.1, -0.05) is 48.5 Å². The summed E-state index contributed by atoms with van der Waals surface area (Å²) in [6.07, 6.45) is 0. The largest absolute Gasteiger partial charge is 0.455 e. The molecule has 3 aromatic carbocycles. The van der Waals surface area contributed by atoms with Crippen molar-refractivity contribution < 1.29 is 9.21 Å². The molecule has 0 saturated heterocycles. The fraction of sp³-hybridized carbons (Fsp3) is 0.185. The lowest BCUT2D eigenvalue weighted by Crippen LogP contribution is -2.16. The van der Waals surface area contributed by atoms with E-state index in [9.17, 15) is 9.59 Å². The molecule has 160 valence electrons. The molecule has 0 aliphatic carbocycles. The van der Waals surface area contributed by atoms with Gasteiger partial charge < -0.3 is 15.1 Å². The van der Waals surface area contributed by atoms with E-state index in [-0.39, 0.29) is 17.4 Å². The van der Waals surface area contributed by atoms with E-state index in [0.717, 1.165) is 27.9 Å². The first-order chi connectivity index (χ1) is 15.4. The van der Waals surface area contributed by atoms with Crippen molar-refractivity contribution in [1.82, 2.24) is 5.32 Å². The van der Waals surface area contributed by atoms with Crippen molar-refractivity contribution >= 4 is 22.6 Å². The molecule has 0 saturated carbocycles. The molecule has 0 radical (unpaired) electrons. The second-order valence-electron chi connectivity index (χ2n) is 8.37. The molecular formula is C27H24N2O3. The minimum Gasteiger partial charge on any atom is -0.455 e. The molecule has 32 heavy (non-hydrogen) atoms. The molecule has 0 spiro atoms. The zero-order chi connectivity index (χ0) is 22.4. The first kappa shape index (κ1) is 20.1. The number of amides is 1. The summed E-state index contributed by atoms with van der Waals surface area (Å²) in [5, 5.41) is 6.93. The highest BCUT2D eigenvalue weighted by Gasteiger charge is 2.24. The Bertz CT molecular complexity index is 1420. The van der Waals surface area contributed by atoms with Crippen LogP contribution in [0, 0.1) is 13.8 Å². The summed E-state index contributed by atoms with van der Waals surface area (Å²) in [4.78, 5) is 25.6. The van der Waals surface area contributed by atoms with Crippen LogP contribution in [0.2, 0.25) is 0 Å². The van der Waals surface area contributed by atoms with Gasteiger partial charge in [0.05, 0.1) is 17.0 Å². The highest BCUT2D eigenvalue weighted by Crippen LogP contribution is 2.33. The van der Waals surface area contributed by atoms with Crippen molar-refractivity contribution in [3.05, 3.63) is 98.7 Å². The summed E-state index contributed by atoms with van der Waals surface area (Å²) in [5.74, 6) is 0.512. The van der Waals surface area contributed by atoms with Crippen LogP contribution >= 0.6 is 0 Å². The molecule has 1 aromatic heterocycles. The molecule has 1 amide bonds. The van der Waals surface area contributed by atoms with Crippen molar-refractivity contribution in [3.8, 4) is 11.3 Å². The Morgan fingerprint density at radius 3 is 2.56 bits per heavy atom. The fourth-order valence-electron chi connectivity index (χ4n) is 4.46. The summed E-state index contributed by atoms with van der Waals surface area (Å²) >= 11 is 0. The lowest BCUT2D eigenvalue weighted by atomic mass is 9.98. The number of carbonyl (C=O) groups excluding carboxylic acids is 1. The molecule has 5 heteroatoms. The van der Waals surface area contributed by atoms with Crippen molar-refractivity contribution in [1.29, 1.82) is 0 Å². The average Bonchev–Trinajstić information content (AvgIpc) is 3.18. The number of benzene rings is 3. The molecule has 2 N–H and O–H groups in total. The zero-order valence-electron chi connectivity index (χ0n) is 18.3. The zero-order valence-corrected chi connectivity index (χ0v) is 18.3. The molecule has 5 rings (SSSR count). The molecule has 1 aliphatic rings. The van der Waals surface area contributed by atoms with Gasteiger partial charge in [0.2, 0.25) is 0 Å². The van der Waals surface area contributed by atoms with Gasteiger partial charge in [-0.15, -0.1) is 0 Å². The van der Waals surface area contributed by atoms with Gasteiger partial charge in [-0.2, -0.15) is 0 Å². The lowest BCUT2D eigenvalue weighted by Gasteiger charge is -2.20. The van der Waals surface area contributed by atoms with Crippen molar-refractivity contribution in [3.63, 3.8) is 0 Å². The van der Waals surface area contributed by atoms with Gasteiger partial charge in [-0.25, -0.2) is 0 Å². The van der Waals surface area contributed by atoms with Gasteiger partial charge in [0.25, 0.3) is 5.91 Å². The van der Waals surface area contributed by atoms with Gasteiger partial charge in [0.15, 0.2) is 5.43 Å². The number of hydrogen-bond acceptors (Lipinski definition) is 4. The summed E-state index contributed by atoms with van der Waals surface area (Å²) in [5.41, 5.74) is 6.31. The molecular weight excluding hydrogens is 400 g/mol. The van der Waals surface area contributed by atoms with E-state index in [1.807, 2.05) is 81.4 Å². The molecule has 0 fully saturated rings. The minimum atomic E-state index is -0.188. The van der Waals surface area contributed by atoms with E-state index in [0.29, 0.717) is 34.4 Å². The predicted octanol–water partition coefficient (Wildman–Crippen LogP) is 5.49. The van der Waals surface area contributed by atoms with Gasteiger partial charge >= 0.3 is 0 Å². The van der Waals surface area contributed by atoms with Crippen LogP contribution in [-0.4, -0.2) is 5.91 Å². The lowest BCUT2D eigenvalue weighted by molar-refractivity contribution is 0.0966. The van der Waals surface area contributed by atoms with Crippen LogP contribution in [0.25, 0.3) is 22.3 Å². The number of rotatable bonds is 4. The third kappa shape index (κ3) is 3.26. The normalized spacial score (nSPS) is 13.7. The van der Waals surface area contributed by atoms with E-state index in [4.69, 9.17) is 4.42 Å². The highest BCUT2D eigenvalue weighted by atomic mass is 16.3. The number of aryl methyl sites for hydroxylation is 1. The van der Waals surface area contributed by atoms with Gasteiger partial charge in [-0.05, 0) is 44.0 Å². The summed E-state index contributed by atoms with van der Waals surface area (Å²) in [6, 6.07) is 19.2. The number of anilines is 1. The quantitative estimate of drug-likeness (QED) is 0.454. The fourth-order valence-corrected chi connectivity index (χ4v) is 4.46. The molecule has 2 heterocycles. The standard InChI is InChI=1S/C27H24N2O3/c1-15-12-20(17(3)29-22-11-7-10-19-14-28-27(31)23(19)22)26-21(13-15)24(30)16(2)25(32-26)18-8-5-4-6-9-18/h4-13,17,29H,14H2,1-3H3,(H,28,31). The van der Waals surface area contributed by atoms with Gasteiger partial charge in [0.1, 0.15) is 11.3 Å². The highest BCUT2D eigenvalue weighted by molar-refractivity contribution is 6.03. The Hall–Kier alpha value is -3.86. The Morgan fingerprint density at radius 2 is 1.78 bits per heavy atom. The second kappa shape index (κ2) is 7.68. The Balaban J connectivity index is 1.66. The van der Waals surface area contributed by atoms with Gasteiger partial charge in [0, 0.05) is 28.9 Å². The Kier molecular flexibility index (Phi) is 4.82. The molecule has 1 atom stereocenters. The van der Waals surface area contributed by atoms with E-state index in [2.05, 4.69) is 10.6 Å². The van der Waals surface area contributed by atoms with E-state index >= 15 is 0 Å². The second-order valence-corrected chi connectivity index (χ2v) is 8.37. The smallest absolute Gasteiger partial charge is 0.253 e. The first-order valence-corrected chi connectivity index (χ1v) is 10.7. The monoisotopic (exact) mass is 424 g/mol. The van der Waals surface area contributed by atoms with Crippen LogP contribution < -0.4 is 16.1 Å². The maximum absolute atomic E-state index is 13.3. The maximum atomic E-state index is 13.3. The summed E-state index contributed by atoms with van der Waals surface area (Å²) in [7, 11) is 0. The topological polar surface area (TPSA) is 71.3 Å². The van der Waals surface area contributed by atoms with Crippen molar-refractivity contribution in [2.24, 2.45) is 0 Å². The molecule has 1 aliphatic heterocycles. The summed E-state index contributed by atoms with van der Waals surface area (Å²) < 4.78 is 6.40. The molecule has 1 unspecified atom stereocenters. The summed E-state index contributed by atoms with van der Waals surface area (Å²) in [6.45, 7) is 6.34. The van der Waals surface area contributed by atoms with Crippen molar-refractivity contribution in [2.75, 3.05) is 5.32 Å². The van der Waals surface area contributed by atoms with Crippen molar-refractivity contribution in [2.45, 2.75) is 33.4 Å². The third-order valence-corrected chi connectivity index (χ3v) is 6.08. The average molecular weight is 425 g/mol. The molecule has 4 aromatic rings. The number of nitrogens with one attached hydrogen (secondary N) is 2. The van der Waals surface area contributed by atoms with E-state index in [1.54, 1.807) is 0 Å². The minimum absolute atomic E-state index is 0.0257. The van der Waals surface area contributed by atoms with Crippen LogP contribution in [0.1, 0.15) is 45.6 Å². The number of carbonyl (C=O) groups is 1. The van der Waals surface area contributed by atoms with Crippen LogP contribution in [-0.2, 0) is 6.54 Å². The number of fused-ring (bicyclic) bond motifs is 2. The molecule has 0 bridgehead atoms. The van der Waals surface area contributed by atoms with Crippen LogP contribution in [0.5, 0.6) is 0 Å². The Labute approximate surface area is 186 Å². The van der Waals surface area contributed by atoms with Crippen LogP contribution in [0.15, 0.2) is 69.9 Å². The maximum Gasteiger partial charge on any atom is 0.253 e. The first-order valence-electron chi connectivity index (χ1n) is 10.7. The van der Waals surface area contributed by atoms with E-state index < -0.39 is 0 Å². The van der Waals surface area contributed by atoms with Gasteiger partial charge in [-0.3, -0.25) is 9.59 Å². The van der Waals surface area contributed by atoms with E-state index in [1.165, 1.54) is 0 Å². The third-order valence-electron chi connectivity index (χ3n) is 6.08.